The second-order valence-corrected chi connectivity index (χ2v) is 4.61. The van der Waals surface area contributed by atoms with Crippen LogP contribution in [0.2, 0.25) is 0 Å². The van der Waals surface area contributed by atoms with Crippen LogP contribution >= 0.6 is 0 Å². The topological polar surface area (TPSA) is 60.2 Å². The van der Waals surface area contributed by atoms with Gasteiger partial charge in [0.2, 0.25) is 0 Å². The summed E-state index contributed by atoms with van der Waals surface area (Å²) in [6, 6.07) is 5.75. The second-order valence-electron chi connectivity index (χ2n) is 4.61. The molecule has 1 aromatic heterocycles. The van der Waals surface area contributed by atoms with E-state index in [1.807, 2.05) is 25.1 Å². The van der Waals surface area contributed by atoms with E-state index in [0.717, 1.165) is 30.5 Å². The molecule has 2 rings (SSSR count). The van der Waals surface area contributed by atoms with E-state index in [0.29, 0.717) is 11.6 Å². The highest BCUT2D eigenvalue weighted by Crippen LogP contribution is 2.23. The van der Waals surface area contributed by atoms with E-state index in [4.69, 9.17) is 9.84 Å². The lowest BCUT2D eigenvalue weighted by molar-refractivity contribution is 0.285. The molecule has 5 heteroatoms. The van der Waals surface area contributed by atoms with Gasteiger partial charge in [-0.05, 0) is 38.0 Å². The van der Waals surface area contributed by atoms with Gasteiger partial charge in [0.15, 0.2) is 0 Å². The zero-order valence-electron chi connectivity index (χ0n) is 12.3. The molecule has 0 spiro atoms. The van der Waals surface area contributed by atoms with Gasteiger partial charge in [0.25, 0.3) is 0 Å². The molecule has 0 aliphatic rings. The van der Waals surface area contributed by atoms with Crippen molar-refractivity contribution in [2.45, 2.75) is 26.2 Å². The van der Waals surface area contributed by atoms with Gasteiger partial charge >= 0.3 is 0 Å². The smallest absolute Gasteiger partial charge is 0.147 e. The van der Waals surface area contributed by atoms with Gasteiger partial charge in [0.05, 0.1) is 7.11 Å². The summed E-state index contributed by atoms with van der Waals surface area (Å²) < 4.78 is 7.09. The van der Waals surface area contributed by atoms with Crippen molar-refractivity contribution in [3.8, 4) is 23.3 Å². The Kier molecular flexibility index (Phi) is 5.35. The van der Waals surface area contributed by atoms with Gasteiger partial charge in [-0.1, -0.05) is 11.8 Å². The van der Waals surface area contributed by atoms with Crippen LogP contribution in [-0.4, -0.2) is 33.6 Å². The molecule has 2 aromatic rings. The van der Waals surface area contributed by atoms with Crippen LogP contribution < -0.4 is 4.74 Å². The van der Waals surface area contributed by atoms with Gasteiger partial charge in [-0.2, -0.15) is 5.10 Å². The monoisotopic (exact) mass is 285 g/mol. The van der Waals surface area contributed by atoms with Crippen LogP contribution in [0, 0.1) is 18.8 Å². The number of rotatable bonds is 5. The fourth-order valence-corrected chi connectivity index (χ4v) is 1.90. The first kappa shape index (κ1) is 15.1. The number of aryl methyl sites for hydroxylation is 1. The molecular formula is C16H19N3O2. The summed E-state index contributed by atoms with van der Waals surface area (Å²) in [6.45, 7) is 2.07. The number of aliphatic hydroxyl groups is 1. The molecule has 1 aromatic carbocycles. The Morgan fingerprint density at radius 3 is 2.86 bits per heavy atom. The zero-order valence-corrected chi connectivity index (χ0v) is 12.3. The van der Waals surface area contributed by atoms with Crippen molar-refractivity contribution in [2.75, 3.05) is 13.7 Å². The second kappa shape index (κ2) is 7.46. The predicted molar refractivity (Wildman–Crippen MR) is 80.5 cm³/mol. The number of aromatic nitrogens is 3. The Balaban J connectivity index is 2.16. The number of nitrogens with zero attached hydrogens (tertiary/aromatic N) is 3. The molecule has 0 radical (unpaired) electrons. The SMILES string of the molecule is COc1cc(C#CCCCCO)ccc1-n1cnc(C)n1. The third-order valence-corrected chi connectivity index (χ3v) is 2.98. The van der Waals surface area contributed by atoms with Crippen molar-refractivity contribution < 1.29 is 9.84 Å². The number of ether oxygens (including phenoxy) is 1. The van der Waals surface area contributed by atoms with Crippen LogP contribution in [0.1, 0.15) is 30.7 Å². The quantitative estimate of drug-likeness (QED) is 0.675. The Bertz CT molecular complexity index is 653. The number of hydrogen-bond donors (Lipinski definition) is 1. The molecule has 1 heterocycles. The van der Waals surface area contributed by atoms with Crippen LogP contribution in [0.3, 0.4) is 0 Å². The predicted octanol–water partition coefficient (Wildman–Crippen LogP) is 2.10. The summed E-state index contributed by atoms with van der Waals surface area (Å²) in [7, 11) is 1.63. The maximum atomic E-state index is 8.71. The standard InChI is InChI=1S/C16H19N3O2/c1-13-17-12-19(18-13)15-9-8-14(11-16(15)21-2)7-5-3-4-6-10-20/h8-9,11-12,20H,3-4,6,10H2,1-2H3. The number of hydrogen-bond acceptors (Lipinski definition) is 4. The van der Waals surface area contributed by atoms with E-state index in [1.165, 1.54) is 0 Å². The van der Waals surface area contributed by atoms with Crippen LogP contribution in [0.25, 0.3) is 5.69 Å². The zero-order chi connectivity index (χ0) is 15.1. The van der Waals surface area contributed by atoms with E-state index in [1.54, 1.807) is 18.1 Å². The van der Waals surface area contributed by atoms with Gasteiger partial charge in [-0.3, -0.25) is 0 Å². The number of methoxy groups -OCH3 is 1. The molecule has 0 fully saturated rings. The Morgan fingerprint density at radius 2 is 2.19 bits per heavy atom. The number of unbranched alkanes of at least 4 members (excludes halogenated alkanes) is 2. The molecule has 110 valence electrons. The molecule has 0 unspecified atom stereocenters. The van der Waals surface area contributed by atoms with Crippen molar-refractivity contribution in [1.82, 2.24) is 14.8 Å². The van der Waals surface area contributed by atoms with Gasteiger partial charge in [-0.15, -0.1) is 0 Å². The van der Waals surface area contributed by atoms with E-state index >= 15 is 0 Å². The van der Waals surface area contributed by atoms with Crippen LogP contribution in [0.4, 0.5) is 0 Å². The fourth-order valence-electron chi connectivity index (χ4n) is 1.90. The molecule has 0 saturated carbocycles. The van der Waals surface area contributed by atoms with E-state index in [9.17, 15) is 0 Å². The Labute approximate surface area is 124 Å². The lowest BCUT2D eigenvalue weighted by Crippen LogP contribution is -1.99. The molecule has 0 saturated heterocycles. The largest absolute Gasteiger partial charge is 0.494 e. The van der Waals surface area contributed by atoms with Gasteiger partial charge < -0.3 is 9.84 Å². The van der Waals surface area contributed by atoms with Crippen LogP contribution in [0.15, 0.2) is 24.5 Å². The minimum atomic E-state index is 0.224. The number of benzene rings is 1. The molecule has 5 nitrogen and oxygen atoms in total. The van der Waals surface area contributed by atoms with Gasteiger partial charge in [0, 0.05) is 18.6 Å². The van der Waals surface area contributed by atoms with E-state index in [2.05, 4.69) is 21.9 Å². The molecule has 0 aliphatic carbocycles. The lowest BCUT2D eigenvalue weighted by atomic mass is 10.1. The molecule has 1 N–H and O–H groups in total. The molecule has 0 aliphatic heterocycles. The Hall–Kier alpha value is -2.32. The molecule has 21 heavy (non-hydrogen) atoms. The first-order chi connectivity index (χ1) is 10.2. The van der Waals surface area contributed by atoms with Crippen molar-refractivity contribution in [2.24, 2.45) is 0 Å². The normalized spacial score (nSPS) is 10.0. The van der Waals surface area contributed by atoms with E-state index < -0.39 is 0 Å². The maximum Gasteiger partial charge on any atom is 0.147 e. The fraction of sp³-hybridized carbons (Fsp3) is 0.375. The first-order valence-corrected chi connectivity index (χ1v) is 6.91. The van der Waals surface area contributed by atoms with E-state index in [-0.39, 0.29) is 6.61 Å². The average molecular weight is 285 g/mol. The van der Waals surface area contributed by atoms with Crippen LogP contribution in [-0.2, 0) is 0 Å². The highest BCUT2D eigenvalue weighted by Gasteiger charge is 2.07. The summed E-state index contributed by atoms with van der Waals surface area (Å²) in [5.41, 5.74) is 1.74. The van der Waals surface area contributed by atoms with Gasteiger partial charge in [0.1, 0.15) is 23.6 Å². The number of aliphatic hydroxyl groups excluding tert-OH is 1. The lowest BCUT2D eigenvalue weighted by Gasteiger charge is -2.08. The minimum Gasteiger partial charge on any atom is -0.494 e. The summed E-state index contributed by atoms with van der Waals surface area (Å²) >= 11 is 0. The van der Waals surface area contributed by atoms with Crippen molar-refractivity contribution >= 4 is 0 Å². The van der Waals surface area contributed by atoms with Crippen molar-refractivity contribution in [3.05, 3.63) is 35.9 Å². The van der Waals surface area contributed by atoms with Crippen LogP contribution in [0.5, 0.6) is 5.75 Å². The van der Waals surface area contributed by atoms with Crippen molar-refractivity contribution in [3.63, 3.8) is 0 Å². The molecular weight excluding hydrogens is 266 g/mol. The Morgan fingerprint density at radius 1 is 1.33 bits per heavy atom. The first-order valence-electron chi connectivity index (χ1n) is 6.91. The molecule has 0 atom stereocenters. The average Bonchev–Trinajstić information content (AvgIpc) is 2.93. The minimum absolute atomic E-state index is 0.224. The third-order valence-electron chi connectivity index (χ3n) is 2.98. The summed E-state index contributed by atoms with van der Waals surface area (Å²) in [6.07, 6.45) is 4.15. The molecule has 0 bridgehead atoms. The maximum absolute atomic E-state index is 8.71. The highest BCUT2D eigenvalue weighted by molar-refractivity contribution is 5.52. The third kappa shape index (κ3) is 4.07. The summed E-state index contributed by atoms with van der Waals surface area (Å²) in [5, 5.41) is 13.0. The summed E-state index contributed by atoms with van der Waals surface area (Å²) in [5.74, 6) is 7.63. The van der Waals surface area contributed by atoms with Gasteiger partial charge in [-0.25, -0.2) is 9.67 Å². The highest BCUT2D eigenvalue weighted by atomic mass is 16.5. The summed E-state index contributed by atoms with van der Waals surface area (Å²) in [4.78, 5) is 4.12. The van der Waals surface area contributed by atoms with Crippen molar-refractivity contribution in [1.29, 1.82) is 0 Å². The molecule has 0 amide bonds.